The number of rotatable bonds is 4. The predicted molar refractivity (Wildman–Crippen MR) is 97.9 cm³/mol. The average Bonchev–Trinajstić information content (AvgIpc) is 3.21. The summed E-state index contributed by atoms with van der Waals surface area (Å²) in [6.07, 6.45) is 5.21. The normalized spacial score (nSPS) is 27.4. The van der Waals surface area contributed by atoms with Crippen molar-refractivity contribution in [1.29, 1.82) is 0 Å². The predicted octanol–water partition coefficient (Wildman–Crippen LogP) is 1.46. The molecule has 2 fully saturated rings. The number of nitrogens with one attached hydrogen (secondary N) is 2. The van der Waals surface area contributed by atoms with Crippen LogP contribution in [0.5, 0.6) is 0 Å². The average molecular weight is 371 g/mol. The van der Waals surface area contributed by atoms with Crippen molar-refractivity contribution in [2.24, 2.45) is 0 Å². The highest BCUT2D eigenvalue weighted by Gasteiger charge is 2.53. The van der Waals surface area contributed by atoms with Crippen LogP contribution in [0.15, 0.2) is 24.3 Å². The molecule has 1 aliphatic carbocycles. The molecule has 2 N–H and O–H groups in total. The molecule has 2 atom stereocenters. The summed E-state index contributed by atoms with van der Waals surface area (Å²) in [7, 11) is 0. The van der Waals surface area contributed by atoms with E-state index in [1.807, 2.05) is 24.3 Å². The van der Waals surface area contributed by atoms with Crippen molar-refractivity contribution in [3.63, 3.8) is 0 Å². The highest BCUT2D eigenvalue weighted by atomic mass is 16.5. The Morgan fingerprint density at radius 1 is 1.26 bits per heavy atom. The first-order chi connectivity index (χ1) is 13.1. The van der Waals surface area contributed by atoms with E-state index in [-0.39, 0.29) is 24.5 Å². The number of urea groups is 1. The standard InChI is InChI=1S/C20H25N3O4/c24-17(21-12-15-8-5-11-27-15)13-23-18(25)20(22-19(23)26)10-4-3-7-14-6-1-2-9-16(14)20/h1-2,6,9,15H,3-5,7-8,10-13H2,(H,21,24)(H,22,26). The Labute approximate surface area is 158 Å². The number of carbonyl (C=O) groups is 3. The van der Waals surface area contributed by atoms with Gasteiger partial charge in [0.25, 0.3) is 5.91 Å². The number of nitrogens with zero attached hydrogens (tertiary/aromatic N) is 1. The summed E-state index contributed by atoms with van der Waals surface area (Å²) < 4.78 is 5.48. The SMILES string of the molecule is O=C(CN1C(=O)NC2(CCCCc3ccccc32)C1=O)NCC1CCCO1. The Bertz CT molecular complexity index is 759. The van der Waals surface area contributed by atoms with Crippen molar-refractivity contribution < 1.29 is 19.1 Å². The van der Waals surface area contributed by atoms with Gasteiger partial charge in [-0.05, 0) is 49.7 Å². The van der Waals surface area contributed by atoms with Crippen LogP contribution in [0, 0.1) is 0 Å². The molecule has 1 spiro atoms. The molecule has 1 aromatic rings. The van der Waals surface area contributed by atoms with Gasteiger partial charge in [0.2, 0.25) is 5.91 Å². The number of fused-ring (bicyclic) bond motifs is 2. The summed E-state index contributed by atoms with van der Waals surface area (Å²) in [6, 6.07) is 7.28. The van der Waals surface area contributed by atoms with E-state index in [0.717, 1.165) is 54.7 Å². The van der Waals surface area contributed by atoms with Crippen molar-refractivity contribution in [3.05, 3.63) is 35.4 Å². The fourth-order valence-electron chi connectivity index (χ4n) is 4.35. The minimum atomic E-state index is -1.04. The molecule has 7 nitrogen and oxygen atoms in total. The van der Waals surface area contributed by atoms with E-state index in [0.29, 0.717) is 13.0 Å². The molecule has 2 heterocycles. The van der Waals surface area contributed by atoms with E-state index in [9.17, 15) is 14.4 Å². The lowest BCUT2D eigenvalue weighted by molar-refractivity contribution is -0.135. The van der Waals surface area contributed by atoms with Crippen LogP contribution < -0.4 is 10.6 Å². The van der Waals surface area contributed by atoms with Crippen LogP contribution in [-0.4, -0.2) is 48.5 Å². The Balaban J connectivity index is 1.49. The maximum absolute atomic E-state index is 13.2. The summed E-state index contributed by atoms with van der Waals surface area (Å²) >= 11 is 0. The van der Waals surface area contributed by atoms with Gasteiger partial charge in [0.1, 0.15) is 12.1 Å². The molecule has 0 bridgehead atoms. The van der Waals surface area contributed by atoms with Crippen molar-refractivity contribution >= 4 is 17.8 Å². The molecule has 27 heavy (non-hydrogen) atoms. The van der Waals surface area contributed by atoms with Crippen LogP contribution in [0.1, 0.15) is 43.2 Å². The van der Waals surface area contributed by atoms with Crippen LogP contribution in [0.3, 0.4) is 0 Å². The minimum absolute atomic E-state index is 0.0251. The van der Waals surface area contributed by atoms with Gasteiger partial charge in [-0.2, -0.15) is 0 Å². The quantitative estimate of drug-likeness (QED) is 0.785. The second-order valence-corrected chi connectivity index (χ2v) is 7.53. The topological polar surface area (TPSA) is 87.7 Å². The lowest BCUT2D eigenvalue weighted by Gasteiger charge is -2.27. The van der Waals surface area contributed by atoms with E-state index in [1.54, 1.807) is 0 Å². The zero-order valence-electron chi connectivity index (χ0n) is 15.3. The third-order valence-electron chi connectivity index (χ3n) is 5.75. The maximum atomic E-state index is 13.2. The zero-order valence-corrected chi connectivity index (χ0v) is 15.3. The van der Waals surface area contributed by atoms with Crippen LogP contribution in [0.2, 0.25) is 0 Å². The van der Waals surface area contributed by atoms with E-state index < -0.39 is 11.6 Å². The van der Waals surface area contributed by atoms with Gasteiger partial charge < -0.3 is 15.4 Å². The van der Waals surface area contributed by atoms with Crippen molar-refractivity contribution in [2.45, 2.75) is 50.2 Å². The van der Waals surface area contributed by atoms with Gasteiger partial charge in [0, 0.05) is 13.2 Å². The summed E-state index contributed by atoms with van der Waals surface area (Å²) in [5, 5.41) is 5.68. The fraction of sp³-hybridized carbons (Fsp3) is 0.550. The third-order valence-corrected chi connectivity index (χ3v) is 5.75. The van der Waals surface area contributed by atoms with Gasteiger partial charge >= 0.3 is 6.03 Å². The third kappa shape index (κ3) is 3.32. The number of imide groups is 1. The van der Waals surface area contributed by atoms with Gasteiger partial charge in [0.15, 0.2) is 0 Å². The number of hydrogen-bond donors (Lipinski definition) is 2. The van der Waals surface area contributed by atoms with E-state index >= 15 is 0 Å². The number of benzene rings is 1. The zero-order chi connectivity index (χ0) is 18.9. The number of ether oxygens (including phenoxy) is 1. The molecule has 2 aliphatic heterocycles. The molecule has 1 aromatic carbocycles. The second-order valence-electron chi connectivity index (χ2n) is 7.53. The van der Waals surface area contributed by atoms with Gasteiger partial charge in [-0.15, -0.1) is 0 Å². The molecule has 0 radical (unpaired) electrons. The van der Waals surface area contributed by atoms with Gasteiger partial charge in [-0.25, -0.2) is 4.79 Å². The molecule has 144 valence electrons. The van der Waals surface area contributed by atoms with Crippen LogP contribution in [0.25, 0.3) is 0 Å². The minimum Gasteiger partial charge on any atom is -0.376 e. The van der Waals surface area contributed by atoms with Crippen LogP contribution in [-0.2, 0) is 26.3 Å². The number of amides is 4. The first-order valence-corrected chi connectivity index (χ1v) is 9.71. The van der Waals surface area contributed by atoms with Gasteiger partial charge in [0.05, 0.1) is 6.10 Å². The highest BCUT2D eigenvalue weighted by molar-refractivity contribution is 6.09. The molecular weight excluding hydrogens is 346 g/mol. The highest BCUT2D eigenvalue weighted by Crippen LogP contribution is 2.38. The molecule has 2 unspecified atom stereocenters. The maximum Gasteiger partial charge on any atom is 0.325 e. The summed E-state index contributed by atoms with van der Waals surface area (Å²) in [5.41, 5.74) is 0.912. The fourth-order valence-corrected chi connectivity index (χ4v) is 4.35. The van der Waals surface area contributed by atoms with E-state index in [2.05, 4.69) is 10.6 Å². The summed E-state index contributed by atoms with van der Waals surface area (Å²) in [4.78, 5) is 39.1. The lowest BCUT2D eigenvalue weighted by atomic mass is 9.84. The molecule has 4 amide bonds. The van der Waals surface area contributed by atoms with Crippen LogP contribution >= 0.6 is 0 Å². The number of hydrogen-bond acceptors (Lipinski definition) is 4. The smallest absolute Gasteiger partial charge is 0.325 e. The first kappa shape index (κ1) is 18.0. The van der Waals surface area contributed by atoms with Crippen LogP contribution in [0.4, 0.5) is 4.79 Å². The first-order valence-electron chi connectivity index (χ1n) is 9.71. The molecule has 0 aromatic heterocycles. The van der Waals surface area contributed by atoms with Crippen molar-refractivity contribution in [1.82, 2.24) is 15.5 Å². The van der Waals surface area contributed by atoms with E-state index in [1.165, 1.54) is 0 Å². The summed E-state index contributed by atoms with van der Waals surface area (Å²) in [6.45, 7) is 0.868. The Morgan fingerprint density at radius 2 is 2.11 bits per heavy atom. The molecule has 2 saturated heterocycles. The largest absolute Gasteiger partial charge is 0.376 e. The Hall–Kier alpha value is -2.41. The van der Waals surface area contributed by atoms with Crippen molar-refractivity contribution in [3.8, 4) is 0 Å². The molecular formula is C20H25N3O4. The second kappa shape index (κ2) is 7.31. The lowest BCUT2D eigenvalue weighted by Crippen LogP contribution is -2.46. The number of carbonyl (C=O) groups excluding carboxylic acids is 3. The van der Waals surface area contributed by atoms with E-state index in [4.69, 9.17) is 4.74 Å². The Morgan fingerprint density at radius 3 is 2.93 bits per heavy atom. The van der Waals surface area contributed by atoms with Gasteiger partial charge in [-0.1, -0.05) is 24.3 Å². The Kier molecular flexibility index (Phi) is 4.86. The molecule has 7 heteroatoms. The monoisotopic (exact) mass is 371 g/mol. The number of aryl methyl sites for hydroxylation is 1. The summed E-state index contributed by atoms with van der Waals surface area (Å²) in [5.74, 6) is -0.665. The van der Waals surface area contributed by atoms with Gasteiger partial charge in [-0.3, -0.25) is 14.5 Å². The molecule has 0 saturated carbocycles. The molecule has 4 rings (SSSR count). The molecule has 3 aliphatic rings. The van der Waals surface area contributed by atoms with Crippen molar-refractivity contribution in [2.75, 3.05) is 19.7 Å².